The number of methoxy groups -OCH3 is 3. The molecule has 0 aliphatic carbocycles. The fourth-order valence-corrected chi connectivity index (χ4v) is 2.98. The molecule has 31 heavy (non-hydrogen) atoms. The Labute approximate surface area is 202 Å². The van der Waals surface area contributed by atoms with Crippen molar-refractivity contribution in [1.29, 1.82) is 0 Å². The Morgan fingerprint density at radius 1 is 1.00 bits per heavy atom. The van der Waals surface area contributed by atoms with Crippen LogP contribution in [0.4, 0.5) is 0 Å². The van der Waals surface area contributed by atoms with Crippen molar-refractivity contribution in [2.45, 2.75) is 25.9 Å². The summed E-state index contributed by atoms with van der Waals surface area (Å²) in [6, 6.07) is 13.7. The first-order valence-electron chi connectivity index (χ1n) is 10.0. The van der Waals surface area contributed by atoms with Crippen LogP contribution in [-0.4, -0.2) is 47.6 Å². The average molecular weight is 543 g/mol. The van der Waals surface area contributed by atoms with Gasteiger partial charge in [0.05, 0.1) is 26.9 Å². The molecule has 0 fully saturated rings. The Bertz CT molecular complexity index is 817. The van der Waals surface area contributed by atoms with Gasteiger partial charge in [-0.15, -0.1) is 24.0 Å². The van der Waals surface area contributed by atoms with Crippen LogP contribution in [0.5, 0.6) is 17.2 Å². The lowest BCUT2D eigenvalue weighted by molar-refractivity contribution is 0.172. The molecule has 2 aromatic rings. The van der Waals surface area contributed by atoms with Gasteiger partial charge in [0.25, 0.3) is 0 Å². The van der Waals surface area contributed by atoms with E-state index < -0.39 is 0 Å². The number of hydrogen-bond donors (Lipinski definition) is 2. The summed E-state index contributed by atoms with van der Waals surface area (Å²) in [5, 5.41) is 6.75. The van der Waals surface area contributed by atoms with Gasteiger partial charge in [-0.2, -0.15) is 0 Å². The van der Waals surface area contributed by atoms with Crippen LogP contribution >= 0.6 is 24.0 Å². The number of benzene rings is 2. The van der Waals surface area contributed by atoms with E-state index in [1.807, 2.05) is 36.4 Å². The summed E-state index contributed by atoms with van der Waals surface area (Å²) in [5.41, 5.74) is 2.10. The molecule has 0 saturated heterocycles. The summed E-state index contributed by atoms with van der Waals surface area (Å²) < 4.78 is 21.7. The molecule has 8 heteroatoms. The van der Waals surface area contributed by atoms with Gasteiger partial charge in [-0.05, 0) is 42.8 Å². The molecule has 0 heterocycles. The molecular weight excluding hydrogens is 509 g/mol. The third kappa shape index (κ3) is 8.82. The Balaban J connectivity index is 0.00000480. The van der Waals surface area contributed by atoms with E-state index >= 15 is 0 Å². The molecule has 1 atom stereocenters. The molecule has 172 valence electrons. The van der Waals surface area contributed by atoms with Crippen molar-refractivity contribution in [1.82, 2.24) is 10.6 Å². The van der Waals surface area contributed by atoms with E-state index in [4.69, 9.17) is 18.9 Å². The van der Waals surface area contributed by atoms with Gasteiger partial charge in [0.2, 0.25) is 0 Å². The predicted molar refractivity (Wildman–Crippen MR) is 135 cm³/mol. The highest BCUT2D eigenvalue weighted by molar-refractivity contribution is 14.0. The highest BCUT2D eigenvalue weighted by atomic mass is 127. The van der Waals surface area contributed by atoms with Gasteiger partial charge in [-0.1, -0.05) is 12.1 Å². The topological polar surface area (TPSA) is 73.3 Å². The number of guanidine groups is 1. The molecule has 7 nitrogen and oxygen atoms in total. The molecule has 0 amide bonds. The summed E-state index contributed by atoms with van der Waals surface area (Å²) in [6.07, 6.45) is 0.862. The Morgan fingerprint density at radius 3 is 2.48 bits per heavy atom. The van der Waals surface area contributed by atoms with E-state index in [0.29, 0.717) is 25.7 Å². The lowest BCUT2D eigenvalue weighted by Crippen LogP contribution is -2.38. The number of rotatable bonds is 11. The van der Waals surface area contributed by atoms with Crippen molar-refractivity contribution in [2.75, 3.05) is 41.6 Å². The second-order valence-corrected chi connectivity index (χ2v) is 6.74. The Hall–Kier alpha value is -2.20. The minimum atomic E-state index is -0.0308. The lowest BCUT2D eigenvalue weighted by atomic mass is 10.1. The maximum absolute atomic E-state index is 5.77. The highest BCUT2D eigenvalue weighted by Crippen LogP contribution is 2.29. The van der Waals surface area contributed by atoms with Gasteiger partial charge in [0.1, 0.15) is 17.2 Å². The van der Waals surface area contributed by atoms with Crippen LogP contribution in [0, 0.1) is 0 Å². The third-order valence-corrected chi connectivity index (χ3v) is 4.60. The van der Waals surface area contributed by atoms with Crippen molar-refractivity contribution in [2.24, 2.45) is 4.99 Å². The minimum absolute atomic E-state index is 0. The molecule has 2 N–H and O–H groups in total. The molecule has 0 bridgehead atoms. The number of hydrogen-bond acceptors (Lipinski definition) is 5. The van der Waals surface area contributed by atoms with Gasteiger partial charge in [0, 0.05) is 39.3 Å². The van der Waals surface area contributed by atoms with Crippen LogP contribution in [0.2, 0.25) is 0 Å². The molecule has 2 aromatic carbocycles. The van der Waals surface area contributed by atoms with Gasteiger partial charge >= 0.3 is 0 Å². The monoisotopic (exact) mass is 543 g/mol. The maximum atomic E-state index is 5.77. The van der Waals surface area contributed by atoms with Crippen molar-refractivity contribution in [3.8, 4) is 17.2 Å². The standard InChI is InChI=1S/C23H33N3O4.HI/c1-17(21-15-19(28-4)10-11-22(21)29-5)26-23(24-2)25-16-18-8-6-9-20(14-18)30-13-7-12-27-3;/h6,8-11,14-15,17H,7,12-13,16H2,1-5H3,(H2,24,25,26);1H. The van der Waals surface area contributed by atoms with Crippen molar-refractivity contribution >= 4 is 29.9 Å². The number of ether oxygens (including phenoxy) is 4. The zero-order chi connectivity index (χ0) is 21.8. The van der Waals surface area contributed by atoms with E-state index in [1.165, 1.54) is 0 Å². The van der Waals surface area contributed by atoms with Crippen LogP contribution in [0.1, 0.15) is 30.5 Å². The first-order chi connectivity index (χ1) is 14.6. The van der Waals surface area contributed by atoms with Gasteiger partial charge in [-0.3, -0.25) is 4.99 Å². The van der Waals surface area contributed by atoms with Gasteiger partial charge in [-0.25, -0.2) is 0 Å². The summed E-state index contributed by atoms with van der Waals surface area (Å²) in [7, 11) is 6.76. The van der Waals surface area contributed by atoms with E-state index in [2.05, 4.69) is 28.6 Å². The van der Waals surface area contributed by atoms with Crippen molar-refractivity contribution < 1.29 is 18.9 Å². The molecule has 2 rings (SSSR count). The molecule has 1 unspecified atom stereocenters. The predicted octanol–water partition coefficient (Wildman–Crippen LogP) is 4.16. The van der Waals surface area contributed by atoms with Gasteiger partial charge in [0.15, 0.2) is 5.96 Å². The third-order valence-electron chi connectivity index (χ3n) is 4.60. The van der Waals surface area contributed by atoms with E-state index in [1.54, 1.807) is 28.4 Å². The normalized spacial score (nSPS) is 11.8. The zero-order valence-corrected chi connectivity index (χ0v) is 21.3. The Morgan fingerprint density at radius 2 is 1.81 bits per heavy atom. The van der Waals surface area contributed by atoms with E-state index in [9.17, 15) is 0 Å². The second-order valence-electron chi connectivity index (χ2n) is 6.74. The molecule has 0 aliphatic heterocycles. The summed E-state index contributed by atoms with van der Waals surface area (Å²) >= 11 is 0. The number of nitrogens with one attached hydrogen (secondary N) is 2. The molecule has 0 spiro atoms. The maximum Gasteiger partial charge on any atom is 0.191 e. The highest BCUT2D eigenvalue weighted by Gasteiger charge is 2.14. The fourth-order valence-electron chi connectivity index (χ4n) is 2.98. The first kappa shape index (κ1) is 26.8. The smallest absolute Gasteiger partial charge is 0.191 e. The largest absolute Gasteiger partial charge is 0.497 e. The quantitative estimate of drug-likeness (QED) is 0.192. The Kier molecular flexibility index (Phi) is 12.8. The zero-order valence-electron chi connectivity index (χ0n) is 18.9. The molecule has 0 radical (unpaired) electrons. The molecular formula is C23H34IN3O4. The minimum Gasteiger partial charge on any atom is -0.497 e. The van der Waals surface area contributed by atoms with Crippen LogP contribution in [0.3, 0.4) is 0 Å². The number of nitrogens with zero attached hydrogens (tertiary/aromatic N) is 1. The molecule has 0 aromatic heterocycles. The van der Waals surface area contributed by atoms with Crippen LogP contribution < -0.4 is 24.8 Å². The van der Waals surface area contributed by atoms with Crippen molar-refractivity contribution in [3.05, 3.63) is 53.6 Å². The van der Waals surface area contributed by atoms with E-state index in [-0.39, 0.29) is 30.0 Å². The second kappa shape index (κ2) is 14.7. The molecule has 0 aliphatic rings. The SMILES string of the molecule is CN=C(NCc1cccc(OCCCOC)c1)NC(C)c1cc(OC)ccc1OC.I. The number of aliphatic imine (C=N–C) groups is 1. The lowest BCUT2D eigenvalue weighted by Gasteiger charge is -2.21. The number of halogens is 1. The summed E-state index contributed by atoms with van der Waals surface area (Å²) in [5.74, 6) is 3.12. The van der Waals surface area contributed by atoms with Crippen molar-refractivity contribution in [3.63, 3.8) is 0 Å². The van der Waals surface area contributed by atoms with Crippen LogP contribution in [-0.2, 0) is 11.3 Å². The fraction of sp³-hybridized carbons (Fsp3) is 0.435. The van der Waals surface area contributed by atoms with Crippen LogP contribution in [0.15, 0.2) is 47.5 Å². The van der Waals surface area contributed by atoms with Gasteiger partial charge < -0.3 is 29.6 Å². The molecule has 0 saturated carbocycles. The average Bonchev–Trinajstić information content (AvgIpc) is 2.79. The first-order valence-corrected chi connectivity index (χ1v) is 10.0. The van der Waals surface area contributed by atoms with Crippen LogP contribution in [0.25, 0.3) is 0 Å². The summed E-state index contributed by atoms with van der Waals surface area (Å²) in [6.45, 7) is 4.00. The summed E-state index contributed by atoms with van der Waals surface area (Å²) in [4.78, 5) is 4.34. The van der Waals surface area contributed by atoms with E-state index in [0.717, 1.165) is 34.8 Å².